The van der Waals surface area contributed by atoms with Crippen LogP contribution in [0.15, 0.2) is 12.1 Å². The molecule has 2 aromatic heterocycles. The molecule has 0 spiro atoms. The molecule has 3 N–H and O–H groups in total. The maximum atomic E-state index is 5.71. The van der Waals surface area contributed by atoms with Gasteiger partial charge in [0.25, 0.3) is 0 Å². The van der Waals surface area contributed by atoms with Crippen LogP contribution in [-0.4, -0.2) is 19.7 Å². The van der Waals surface area contributed by atoms with Crippen LogP contribution in [0.3, 0.4) is 0 Å². The van der Waals surface area contributed by atoms with Crippen molar-refractivity contribution in [2.45, 2.75) is 20.3 Å². The van der Waals surface area contributed by atoms with Gasteiger partial charge in [0.1, 0.15) is 17.5 Å². The average molecular weight is 232 g/mol. The molecule has 0 fully saturated rings. The molecule has 0 aromatic carbocycles. The predicted molar refractivity (Wildman–Crippen MR) is 67.1 cm³/mol. The van der Waals surface area contributed by atoms with Gasteiger partial charge in [0, 0.05) is 31.3 Å². The minimum atomic E-state index is 0.465. The molecule has 2 aromatic rings. The molecule has 0 saturated carbocycles. The molecule has 0 radical (unpaired) electrons. The molecular weight excluding hydrogens is 216 g/mol. The van der Waals surface area contributed by atoms with Crippen molar-refractivity contribution >= 4 is 17.5 Å². The van der Waals surface area contributed by atoms with Gasteiger partial charge in [-0.25, -0.2) is 9.97 Å². The number of aryl methyl sites for hydroxylation is 3. The van der Waals surface area contributed by atoms with E-state index in [1.165, 1.54) is 0 Å². The number of nitrogens with one attached hydrogen (secondary N) is 1. The van der Waals surface area contributed by atoms with Crippen LogP contribution in [0, 0.1) is 6.92 Å². The Morgan fingerprint density at radius 3 is 2.65 bits per heavy atom. The van der Waals surface area contributed by atoms with E-state index in [2.05, 4.69) is 20.4 Å². The van der Waals surface area contributed by atoms with E-state index in [1.807, 2.05) is 27.0 Å². The third kappa shape index (κ3) is 2.52. The number of nitrogens with two attached hydrogens (primary N) is 1. The molecule has 0 saturated heterocycles. The molecular formula is C11H16N6. The SMILES string of the molecule is CCc1nc(N)cc(Nc2cc(C)n(C)n2)n1. The lowest BCUT2D eigenvalue weighted by atomic mass is 10.4. The maximum Gasteiger partial charge on any atom is 0.153 e. The predicted octanol–water partition coefficient (Wildman–Crippen LogP) is 1.41. The van der Waals surface area contributed by atoms with Gasteiger partial charge in [0.2, 0.25) is 0 Å². The molecule has 0 amide bonds. The summed E-state index contributed by atoms with van der Waals surface area (Å²) >= 11 is 0. The third-order valence-electron chi connectivity index (χ3n) is 2.48. The standard InChI is InChI=1S/C11H16N6/c1-4-9-13-8(12)6-10(14-9)15-11-5-7(2)17(3)16-11/h5-6H,4H2,1-3H3,(H3,12,13,14,15,16). The molecule has 0 atom stereocenters. The highest BCUT2D eigenvalue weighted by molar-refractivity contribution is 5.55. The summed E-state index contributed by atoms with van der Waals surface area (Å²) in [6.07, 6.45) is 0.751. The van der Waals surface area contributed by atoms with Crippen molar-refractivity contribution in [2.75, 3.05) is 11.1 Å². The fraction of sp³-hybridized carbons (Fsp3) is 0.364. The Morgan fingerprint density at radius 1 is 1.29 bits per heavy atom. The number of nitrogens with zero attached hydrogens (tertiary/aromatic N) is 4. The number of anilines is 3. The molecule has 90 valence electrons. The van der Waals surface area contributed by atoms with Crippen molar-refractivity contribution in [2.24, 2.45) is 7.05 Å². The van der Waals surface area contributed by atoms with Gasteiger partial charge in [-0.1, -0.05) is 6.92 Å². The van der Waals surface area contributed by atoms with E-state index in [4.69, 9.17) is 5.73 Å². The summed E-state index contributed by atoms with van der Waals surface area (Å²) in [5, 5.41) is 7.41. The van der Waals surface area contributed by atoms with Gasteiger partial charge >= 0.3 is 0 Å². The normalized spacial score (nSPS) is 10.5. The van der Waals surface area contributed by atoms with E-state index in [-0.39, 0.29) is 0 Å². The van der Waals surface area contributed by atoms with E-state index in [0.717, 1.165) is 23.8 Å². The quantitative estimate of drug-likeness (QED) is 0.836. The largest absolute Gasteiger partial charge is 0.384 e. The van der Waals surface area contributed by atoms with Crippen LogP contribution < -0.4 is 11.1 Å². The number of hydrogen-bond acceptors (Lipinski definition) is 5. The Hall–Kier alpha value is -2.11. The zero-order valence-corrected chi connectivity index (χ0v) is 10.2. The van der Waals surface area contributed by atoms with E-state index in [1.54, 1.807) is 10.7 Å². The summed E-state index contributed by atoms with van der Waals surface area (Å²) in [6, 6.07) is 3.65. The molecule has 0 aliphatic heterocycles. The Bertz CT molecular complexity index is 511. The first kappa shape index (κ1) is 11.4. The van der Waals surface area contributed by atoms with Crippen LogP contribution >= 0.6 is 0 Å². The summed E-state index contributed by atoms with van der Waals surface area (Å²) in [5.74, 6) is 2.62. The zero-order valence-electron chi connectivity index (χ0n) is 10.2. The van der Waals surface area contributed by atoms with Crippen molar-refractivity contribution < 1.29 is 0 Å². The lowest BCUT2D eigenvalue weighted by Gasteiger charge is -2.04. The minimum Gasteiger partial charge on any atom is -0.384 e. The molecule has 2 rings (SSSR count). The first-order chi connectivity index (χ1) is 8.08. The molecule has 17 heavy (non-hydrogen) atoms. The first-order valence-electron chi connectivity index (χ1n) is 5.49. The Balaban J connectivity index is 2.26. The number of hydrogen-bond donors (Lipinski definition) is 2. The summed E-state index contributed by atoms with van der Waals surface area (Å²) in [6.45, 7) is 3.98. The molecule has 0 aliphatic rings. The Morgan fingerprint density at radius 2 is 2.06 bits per heavy atom. The van der Waals surface area contributed by atoms with Gasteiger partial charge in [-0.15, -0.1) is 0 Å². The Labute approximate surface area is 99.9 Å². The second-order valence-electron chi connectivity index (χ2n) is 3.87. The highest BCUT2D eigenvalue weighted by Crippen LogP contribution is 2.15. The number of nitrogen functional groups attached to an aromatic ring is 1. The van der Waals surface area contributed by atoms with E-state index >= 15 is 0 Å². The number of rotatable bonds is 3. The van der Waals surface area contributed by atoms with Gasteiger partial charge in [0.15, 0.2) is 5.82 Å². The van der Waals surface area contributed by atoms with Crippen LogP contribution in [0.2, 0.25) is 0 Å². The minimum absolute atomic E-state index is 0.465. The van der Waals surface area contributed by atoms with Crippen LogP contribution in [0.4, 0.5) is 17.5 Å². The molecule has 2 heterocycles. The van der Waals surface area contributed by atoms with Crippen molar-refractivity contribution in [3.63, 3.8) is 0 Å². The fourth-order valence-electron chi connectivity index (χ4n) is 1.49. The van der Waals surface area contributed by atoms with Crippen molar-refractivity contribution in [3.8, 4) is 0 Å². The van der Waals surface area contributed by atoms with Crippen LogP contribution in [0.5, 0.6) is 0 Å². The van der Waals surface area contributed by atoms with Crippen LogP contribution in [-0.2, 0) is 13.5 Å². The van der Waals surface area contributed by atoms with Crippen molar-refractivity contribution in [1.29, 1.82) is 0 Å². The van der Waals surface area contributed by atoms with Crippen LogP contribution in [0.1, 0.15) is 18.4 Å². The second-order valence-corrected chi connectivity index (χ2v) is 3.87. The van der Waals surface area contributed by atoms with Gasteiger partial charge in [0.05, 0.1) is 0 Å². The second kappa shape index (κ2) is 4.40. The lowest BCUT2D eigenvalue weighted by molar-refractivity contribution is 0.743. The maximum absolute atomic E-state index is 5.71. The van der Waals surface area contributed by atoms with Gasteiger partial charge in [-0.2, -0.15) is 5.10 Å². The Kier molecular flexibility index (Phi) is 2.95. The summed E-state index contributed by atoms with van der Waals surface area (Å²) in [5.41, 5.74) is 6.78. The molecule has 6 nitrogen and oxygen atoms in total. The molecule has 0 aliphatic carbocycles. The summed E-state index contributed by atoms with van der Waals surface area (Å²) in [4.78, 5) is 8.45. The summed E-state index contributed by atoms with van der Waals surface area (Å²) < 4.78 is 1.80. The third-order valence-corrected chi connectivity index (χ3v) is 2.48. The van der Waals surface area contributed by atoms with E-state index < -0.39 is 0 Å². The first-order valence-corrected chi connectivity index (χ1v) is 5.49. The molecule has 0 unspecified atom stereocenters. The topological polar surface area (TPSA) is 81.6 Å². The van der Waals surface area contributed by atoms with Crippen LogP contribution in [0.25, 0.3) is 0 Å². The van der Waals surface area contributed by atoms with Gasteiger partial charge in [-0.3, -0.25) is 4.68 Å². The van der Waals surface area contributed by atoms with Crippen molar-refractivity contribution in [3.05, 3.63) is 23.7 Å². The van der Waals surface area contributed by atoms with E-state index in [0.29, 0.717) is 11.6 Å². The highest BCUT2D eigenvalue weighted by atomic mass is 15.3. The highest BCUT2D eigenvalue weighted by Gasteiger charge is 2.05. The average Bonchev–Trinajstić information content (AvgIpc) is 2.57. The smallest absolute Gasteiger partial charge is 0.153 e. The fourth-order valence-corrected chi connectivity index (χ4v) is 1.49. The number of aromatic nitrogens is 4. The van der Waals surface area contributed by atoms with E-state index in [9.17, 15) is 0 Å². The monoisotopic (exact) mass is 232 g/mol. The summed E-state index contributed by atoms with van der Waals surface area (Å²) in [7, 11) is 1.90. The lowest BCUT2D eigenvalue weighted by Crippen LogP contribution is -2.03. The van der Waals surface area contributed by atoms with Crippen molar-refractivity contribution in [1.82, 2.24) is 19.7 Å². The van der Waals surface area contributed by atoms with Gasteiger partial charge < -0.3 is 11.1 Å². The molecule has 6 heteroatoms. The van der Waals surface area contributed by atoms with Gasteiger partial charge in [-0.05, 0) is 6.92 Å². The molecule has 0 bridgehead atoms. The zero-order chi connectivity index (χ0) is 12.4.